The van der Waals surface area contributed by atoms with Crippen molar-refractivity contribution in [2.75, 3.05) is 5.32 Å². The molecule has 0 spiro atoms. The number of hydrogen-bond donors (Lipinski definition) is 1. The number of rotatable bonds is 6. The fourth-order valence-corrected chi connectivity index (χ4v) is 2.07. The molecule has 0 aliphatic rings. The van der Waals surface area contributed by atoms with E-state index in [0.717, 1.165) is 0 Å². The third-order valence-corrected chi connectivity index (χ3v) is 3.22. The Morgan fingerprint density at radius 1 is 1.05 bits per heavy atom. The van der Waals surface area contributed by atoms with Crippen LogP contribution in [0, 0.1) is 17.5 Å². The molecule has 0 fully saturated rings. The molecule has 0 aliphatic carbocycles. The van der Waals surface area contributed by atoms with E-state index in [1.807, 2.05) is 0 Å². The van der Waals surface area contributed by atoms with E-state index in [1.165, 1.54) is 12.1 Å². The zero-order valence-electron chi connectivity index (χ0n) is 10.5. The minimum Gasteiger partial charge on any atom is -0.463 e. The first-order valence-corrected chi connectivity index (χ1v) is 6.86. The monoisotopic (exact) mass is 323 g/mol. The summed E-state index contributed by atoms with van der Waals surface area (Å²) in [4.78, 5) is 0. The largest absolute Gasteiger partial charge is 0.463 e. The van der Waals surface area contributed by atoms with Gasteiger partial charge >= 0.3 is 0 Å². The minimum absolute atomic E-state index is 0.00304. The number of thioether (sulfide) groups is 1. The van der Waals surface area contributed by atoms with Crippen LogP contribution in [-0.4, -0.2) is 5.76 Å². The van der Waals surface area contributed by atoms with E-state index < -0.39 is 28.9 Å². The first kappa shape index (κ1) is 15.7. The Kier molecular flexibility index (Phi) is 5.11. The molecule has 0 aliphatic heterocycles. The molecule has 0 bridgehead atoms. The van der Waals surface area contributed by atoms with Crippen LogP contribution in [0.3, 0.4) is 0 Å². The second-order valence-electron chi connectivity index (χ2n) is 4.04. The van der Waals surface area contributed by atoms with E-state index in [0.29, 0.717) is 35.4 Å². The van der Waals surface area contributed by atoms with Gasteiger partial charge in [-0.1, -0.05) is 11.8 Å². The van der Waals surface area contributed by atoms with Gasteiger partial charge in [0.05, 0.1) is 12.3 Å². The van der Waals surface area contributed by atoms with Gasteiger partial charge in [0, 0.05) is 12.1 Å². The number of hydrogen-bond acceptors (Lipinski definition) is 3. The zero-order chi connectivity index (χ0) is 15.4. The van der Waals surface area contributed by atoms with E-state index in [-0.39, 0.29) is 12.3 Å². The Balaban J connectivity index is 1.97. The van der Waals surface area contributed by atoms with Crippen LogP contribution in [0.25, 0.3) is 0 Å². The lowest BCUT2D eigenvalue weighted by Gasteiger charge is -2.07. The highest BCUT2D eigenvalue weighted by Crippen LogP contribution is 2.23. The van der Waals surface area contributed by atoms with Gasteiger partial charge in [0.2, 0.25) is 0 Å². The maximum Gasteiger partial charge on any atom is 0.284 e. The molecular weight excluding hydrogens is 313 g/mol. The van der Waals surface area contributed by atoms with Crippen LogP contribution < -0.4 is 5.32 Å². The van der Waals surface area contributed by atoms with E-state index in [4.69, 9.17) is 4.42 Å². The fraction of sp³-hybridized carbons (Fsp3) is 0.231. The Morgan fingerprint density at radius 3 is 2.29 bits per heavy atom. The van der Waals surface area contributed by atoms with Crippen molar-refractivity contribution in [1.82, 2.24) is 0 Å². The number of halogens is 5. The van der Waals surface area contributed by atoms with Gasteiger partial charge in [0.1, 0.15) is 23.0 Å². The van der Waals surface area contributed by atoms with Gasteiger partial charge in [-0.15, -0.1) is 0 Å². The number of alkyl halides is 2. The molecule has 0 saturated carbocycles. The van der Waals surface area contributed by atoms with Crippen LogP contribution in [0.5, 0.6) is 0 Å². The molecule has 0 radical (unpaired) electrons. The molecule has 1 aromatic heterocycles. The van der Waals surface area contributed by atoms with Crippen LogP contribution in [-0.2, 0) is 12.3 Å². The predicted molar refractivity (Wildman–Crippen MR) is 69.6 cm³/mol. The standard InChI is InChI=1S/C13H10F5NOS/c14-7-3-10(15)12(11(16)4-7)19-5-8-1-2-9(20-8)6-21-13(17)18/h1-4,13,19H,5-6H2. The molecule has 2 nitrogen and oxygen atoms in total. The molecule has 0 saturated heterocycles. The maximum atomic E-state index is 13.4. The third-order valence-electron chi connectivity index (χ3n) is 2.52. The predicted octanol–water partition coefficient (Wildman–Crippen LogP) is 4.76. The van der Waals surface area contributed by atoms with Crippen LogP contribution >= 0.6 is 11.8 Å². The molecule has 1 N–H and O–H groups in total. The summed E-state index contributed by atoms with van der Waals surface area (Å²) in [5, 5.41) is 2.44. The van der Waals surface area contributed by atoms with Crippen LogP contribution in [0.4, 0.5) is 27.6 Å². The molecule has 8 heteroatoms. The summed E-state index contributed by atoms with van der Waals surface area (Å²) >= 11 is 0.409. The summed E-state index contributed by atoms with van der Waals surface area (Å²) in [6, 6.07) is 4.12. The number of nitrogens with one attached hydrogen (secondary N) is 1. The molecular formula is C13H10F5NOS. The van der Waals surface area contributed by atoms with Crippen molar-refractivity contribution in [3.8, 4) is 0 Å². The van der Waals surface area contributed by atoms with Gasteiger partial charge in [-0.3, -0.25) is 0 Å². The third kappa shape index (κ3) is 4.38. The molecule has 0 amide bonds. The van der Waals surface area contributed by atoms with E-state index in [1.54, 1.807) is 0 Å². The average molecular weight is 323 g/mol. The van der Waals surface area contributed by atoms with Gasteiger partial charge in [-0.25, -0.2) is 13.2 Å². The fourth-order valence-electron chi connectivity index (χ4n) is 1.63. The normalized spacial score (nSPS) is 11.1. The highest BCUT2D eigenvalue weighted by molar-refractivity contribution is 7.98. The smallest absolute Gasteiger partial charge is 0.284 e. The first-order chi connectivity index (χ1) is 9.95. The van der Waals surface area contributed by atoms with Gasteiger partial charge in [0.25, 0.3) is 5.76 Å². The molecule has 0 unspecified atom stereocenters. The summed E-state index contributed by atoms with van der Waals surface area (Å²) in [5.41, 5.74) is -0.476. The van der Waals surface area contributed by atoms with E-state index in [2.05, 4.69) is 5.32 Å². The second-order valence-corrected chi connectivity index (χ2v) is 5.02. The SMILES string of the molecule is Fc1cc(F)c(NCc2ccc(CSC(F)F)o2)c(F)c1. The number of anilines is 1. The Hall–Kier alpha value is -1.70. The molecule has 0 atom stereocenters. The molecule has 114 valence electrons. The van der Waals surface area contributed by atoms with Crippen molar-refractivity contribution < 1.29 is 26.4 Å². The van der Waals surface area contributed by atoms with E-state index >= 15 is 0 Å². The molecule has 1 aromatic carbocycles. The highest BCUT2D eigenvalue weighted by Gasteiger charge is 2.12. The lowest BCUT2D eigenvalue weighted by molar-refractivity contribution is 0.251. The zero-order valence-corrected chi connectivity index (χ0v) is 11.3. The first-order valence-electron chi connectivity index (χ1n) is 5.81. The number of benzene rings is 1. The van der Waals surface area contributed by atoms with Crippen molar-refractivity contribution in [2.45, 2.75) is 18.1 Å². The molecule has 2 rings (SSSR count). The molecule has 21 heavy (non-hydrogen) atoms. The summed E-state index contributed by atoms with van der Waals surface area (Å²) in [5.74, 6) is -4.99. The Morgan fingerprint density at radius 2 is 1.67 bits per heavy atom. The minimum atomic E-state index is -2.50. The van der Waals surface area contributed by atoms with Gasteiger partial charge in [0.15, 0.2) is 11.6 Å². The molecule has 2 aromatic rings. The quantitative estimate of drug-likeness (QED) is 0.776. The topological polar surface area (TPSA) is 25.2 Å². The summed E-state index contributed by atoms with van der Waals surface area (Å²) in [6.45, 7) is -0.0567. The summed E-state index contributed by atoms with van der Waals surface area (Å²) in [6.07, 6.45) is 0. The van der Waals surface area contributed by atoms with Crippen molar-refractivity contribution in [3.05, 3.63) is 53.2 Å². The Labute approximate surface area is 121 Å². The van der Waals surface area contributed by atoms with Crippen molar-refractivity contribution in [2.24, 2.45) is 0 Å². The van der Waals surface area contributed by atoms with Crippen LogP contribution in [0.15, 0.2) is 28.7 Å². The second kappa shape index (κ2) is 6.84. The van der Waals surface area contributed by atoms with Crippen LogP contribution in [0.2, 0.25) is 0 Å². The van der Waals surface area contributed by atoms with E-state index in [9.17, 15) is 22.0 Å². The van der Waals surface area contributed by atoms with Crippen molar-refractivity contribution in [1.29, 1.82) is 0 Å². The molecule has 1 heterocycles. The Bertz CT molecular complexity index is 593. The number of furan rings is 1. The lowest BCUT2D eigenvalue weighted by atomic mass is 10.2. The van der Waals surface area contributed by atoms with Gasteiger partial charge < -0.3 is 9.73 Å². The lowest BCUT2D eigenvalue weighted by Crippen LogP contribution is -2.03. The summed E-state index contributed by atoms with van der Waals surface area (Å²) < 4.78 is 68.7. The van der Waals surface area contributed by atoms with Gasteiger partial charge in [-0.2, -0.15) is 8.78 Å². The highest BCUT2D eigenvalue weighted by atomic mass is 32.2. The summed E-state index contributed by atoms with van der Waals surface area (Å²) in [7, 11) is 0. The van der Waals surface area contributed by atoms with Gasteiger partial charge in [-0.05, 0) is 12.1 Å². The van der Waals surface area contributed by atoms with Crippen molar-refractivity contribution >= 4 is 17.4 Å². The maximum absolute atomic E-state index is 13.4. The average Bonchev–Trinajstić information content (AvgIpc) is 2.83. The van der Waals surface area contributed by atoms with Crippen molar-refractivity contribution in [3.63, 3.8) is 0 Å². The van der Waals surface area contributed by atoms with Crippen LogP contribution in [0.1, 0.15) is 11.5 Å².